The van der Waals surface area contributed by atoms with E-state index in [2.05, 4.69) is 9.97 Å². The van der Waals surface area contributed by atoms with Gasteiger partial charge in [0.15, 0.2) is 0 Å². The van der Waals surface area contributed by atoms with Crippen molar-refractivity contribution in [3.63, 3.8) is 0 Å². The van der Waals surface area contributed by atoms with Crippen molar-refractivity contribution in [2.24, 2.45) is 5.41 Å². The van der Waals surface area contributed by atoms with E-state index in [-0.39, 0.29) is 11.3 Å². The van der Waals surface area contributed by atoms with Crippen LogP contribution in [0.15, 0.2) is 12.5 Å². The number of H-pyrrole nitrogens is 1. The quantitative estimate of drug-likeness (QED) is 0.846. The van der Waals surface area contributed by atoms with Gasteiger partial charge in [-0.2, -0.15) is 13.2 Å². The standard InChI is InChI=1S/C18H25F3N4O2/c19-18(20,21)7-3-16(27)24-8-1-5-17(11-24)6-2-15(26)25(12-17)9-4-14-10-22-13-23-14/h10,13H,1-9,11-12H2,(H,22,23)/t17-/m0/s1. The Morgan fingerprint density at radius 2 is 2.11 bits per heavy atom. The first-order valence-electron chi connectivity index (χ1n) is 9.36. The summed E-state index contributed by atoms with van der Waals surface area (Å²) in [5.41, 5.74) is 0.753. The average molecular weight is 386 g/mol. The normalized spacial score (nSPS) is 23.9. The highest BCUT2D eigenvalue weighted by Crippen LogP contribution is 2.39. The molecule has 1 aromatic rings. The number of hydrogen-bond acceptors (Lipinski definition) is 3. The van der Waals surface area contributed by atoms with Gasteiger partial charge in [-0.05, 0) is 19.3 Å². The Labute approximate surface area is 156 Å². The fourth-order valence-corrected chi connectivity index (χ4v) is 4.14. The van der Waals surface area contributed by atoms with Crippen molar-refractivity contribution in [3.05, 3.63) is 18.2 Å². The fraction of sp³-hybridized carbons (Fsp3) is 0.722. The molecule has 0 unspecified atom stereocenters. The number of alkyl halides is 3. The number of nitrogens with one attached hydrogen (secondary N) is 1. The van der Waals surface area contributed by atoms with Crippen molar-refractivity contribution in [1.29, 1.82) is 0 Å². The molecule has 2 aliphatic rings. The SMILES string of the molecule is O=C(CCC(F)(F)F)N1CCC[C@]2(CCC(=O)N(CCc3cnc[nH]3)C2)C1. The van der Waals surface area contributed by atoms with Crippen LogP contribution < -0.4 is 0 Å². The van der Waals surface area contributed by atoms with E-state index in [0.717, 1.165) is 18.5 Å². The molecule has 2 fully saturated rings. The topological polar surface area (TPSA) is 69.3 Å². The van der Waals surface area contributed by atoms with E-state index in [4.69, 9.17) is 0 Å². The van der Waals surface area contributed by atoms with Gasteiger partial charge in [-0.3, -0.25) is 9.59 Å². The van der Waals surface area contributed by atoms with Crippen molar-refractivity contribution in [3.8, 4) is 0 Å². The van der Waals surface area contributed by atoms with Gasteiger partial charge in [0.05, 0.1) is 12.7 Å². The van der Waals surface area contributed by atoms with Gasteiger partial charge < -0.3 is 14.8 Å². The Morgan fingerprint density at radius 3 is 2.81 bits per heavy atom. The molecular weight excluding hydrogens is 361 g/mol. The molecule has 1 aromatic heterocycles. The highest BCUT2D eigenvalue weighted by molar-refractivity contribution is 5.78. The van der Waals surface area contributed by atoms with Gasteiger partial charge in [0.1, 0.15) is 0 Å². The molecule has 0 aliphatic carbocycles. The molecule has 0 bridgehead atoms. The monoisotopic (exact) mass is 386 g/mol. The maximum absolute atomic E-state index is 12.4. The fourth-order valence-electron chi connectivity index (χ4n) is 4.14. The van der Waals surface area contributed by atoms with Gasteiger partial charge in [-0.1, -0.05) is 0 Å². The number of carbonyl (C=O) groups excluding carboxylic acids is 2. The van der Waals surface area contributed by atoms with E-state index >= 15 is 0 Å². The minimum absolute atomic E-state index is 0.0978. The van der Waals surface area contributed by atoms with Gasteiger partial charge in [0.25, 0.3) is 0 Å². The minimum atomic E-state index is -4.32. The summed E-state index contributed by atoms with van der Waals surface area (Å²) in [5.74, 6) is -0.340. The van der Waals surface area contributed by atoms with Crippen molar-refractivity contribution in [2.45, 2.75) is 51.1 Å². The number of hydrogen-bond donors (Lipinski definition) is 1. The van der Waals surface area contributed by atoms with E-state index in [9.17, 15) is 22.8 Å². The number of nitrogens with zero attached hydrogens (tertiary/aromatic N) is 3. The largest absolute Gasteiger partial charge is 0.389 e. The average Bonchev–Trinajstić information content (AvgIpc) is 3.14. The van der Waals surface area contributed by atoms with E-state index in [1.54, 1.807) is 17.4 Å². The van der Waals surface area contributed by atoms with Crippen LogP contribution in [0.5, 0.6) is 0 Å². The summed E-state index contributed by atoms with van der Waals surface area (Å²) in [5, 5.41) is 0. The van der Waals surface area contributed by atoms with Crippen molar-refractivity contribution in [1.82, 2.24) is 19.8 Å². The first-order valence-corrected chi connectivity index (χ1v) is 9.36. The first-order chi connectivity index (χ1) is 12.8. The third-order valence-corrected chi connectivity index (χ3v) is 5.59. The predicted molar refractivity (Wildman–Crippen MR) is 91.6 cm³/mol. The summed E-state index contributed by atoms with van der Waals surface area (Å²) >= 11 is 0. The number of aromatic nitrogens is 2. The van der Waals surface area contributed by atoms with Crippen molar-refractivity contribution < 1.29 is 22.8 Å². The van der Waals surface area contributed by atoms with Crippen LogP contribution in [0.2, 0.25) is 0 Å². The Hall–Kier alpha value is -2.06. The molecule has 9 heteroatoms. The maximum Gasteiger partial charge on any atom is 0.389 e. The molecule has 2 amide bonds. The number of rotatable bonds is 5. The maximum atomic E-state index is 12.4. The molecule has 3 rings (SSSR count). The highest BCUT2D eigenvalue weighted by Gasteiger charge is 2.42. The molecule has 0 aromatic carbocycles. The summed E-state index contributed by atoms with van der Waals surface area (Å²) in [7, 11) is 0. The van der Waals surface area contributed by atoms with Gasteiger partial charge >= 0.3 is 6.18 Å². The molecule has 150 valence electrons. The second-order valence-corrected chi connectivity index (χ2v) is 7.68. The molecule has 0 radical (unpaired) electrons. The summed E-state index contributed by atoms with van der Waals surface area (Å²) in [6, 6.07) is 0. The van der Waals surface area contributed by atoms with Crippen LogP contribution in [0.4, 0.5) is 13.2 Å². The molecule has 6 nitrogen and oxygen atoms in total. The number of aromatic amines is 1. The second-order valence-electron chi connectivity index (χ2n) is 7.68. The summed E-state index contributed by atoms with van der Waals surface area (Å²) < 4.78 is 37.2. The summed E-state index contributed by atoms with van der Waals surface area (Å²) in [6.45, 7) is 2.08. The van der Waals surface area contributed by atoms with E-state index in [1.165, 1.54) is 0 Å². The molecule has 2 aliphatic heterocycles. The lowest BCUT2D eigenvalue weighted by atomic mass is 9.73. The van der Waals surface area contributed by atoms with Crippen LogP contribution in [0.25, 0.3) is 0 Å². The molecule has 1 atom stereocenters. The molecule has 0 saturated carbocycles. The highest BCUT2D eigenvalue weighted by atomic mass is 19.4. The molecule has 1 spiro atoms. The molecule has 3 heterocycles. The lowest BCUT2D eigenvalue weighted by Crippen LogP contribution is -2.55. The summed E-state index contributed by atoms with van der Waals surface area (Å²) in [4.78, 5) is 34.9. The Kier molecular flexibility index (Phi) is 5.76. The van der Waals surface area contributed by atoms with Crippen LogP contribution >= 0.6 is 0 Å². The van der Waals surface area contributed by atoms with Gasteiger partial charge in [0, 0.05) is 62.7 Å². The number of amides is 2. The zero-order valence-corrected chi connectivity index (χ0v) is 15.2. The smallest absolute Gasteiger partial charge is 0.348 e. The first kappa shape index (κ1) is 19.7. The van der Waals surface area contributed by atoms with Gasteiger partial charge in [-0.15, -0.1) is 0 Å². The Morgan fingerprint density at radius 1 is 1.30 bits per heavy atom. The lowest BCUT2D eigenvalue weighted by molar-refractivity contribution is -0.153. The predicted octanol–water partition coefficient (Wildman–Crippen LogP) is 2.53. The van der Waals surface area contributed by atoms with Gasteiger partial charge in [0.2, 0.25) is 11.8 Å². The Bertz CT molecular complexity index is 662. The van der Waals surface area contributed by atoms with Gasteiger partial charge in [-0.25, -0.2) is 4.98 Å². The minimum Gasteiger partial charge on any atom is -0.348 e. The zero-order valence-electron chi connectivity index (χ0n) is 15.2. The number of halogens is 3. The lowest BCUT2D eigenvalue weighted by Gasteiger charge is -2.48. The van der Waals surface area contributed by atoms with Crippen LogP contribution in [0.3, 0.4) is 0 Å². The van der Waals surface area contributed by atoms with Crippen LogP contribution in [0.1, 0.15) is 44.2 Å². The third kappa shape index (κ3) is 5.23. The number of imidazole rings is 1. The molecule has 2 saturated heterocycles. The van der Waals surface area contributed by atoms with E-state index in [1.807, 2.05) is 4.90 Å². The second kappa shape index (κ2) is 7.90. The van der Waals surface area contributed by atoms with E-state index < -0.39 is 24.9 Å². The third-order valence-electron chi connectivity index (χ3n) is 5.59. The van der Waals surface area contributed by atoms with Crippen molar-refractivity contribution >= 4 is 11.8 Å². The van der Waals surface area contributed by atoms with Crippen LogP contribution in [0, 0.1) is 5.41 Å². The summed E-state index contributed by atoms with van der Waals surface area (Å²) in [6.07, 6.45) is 0.881. The number of likely N-dealkylation sites (tertiary alicyclic amines) is 2. The van der Waals surface area contributed by atoms with E-state index in [0.29, 0.717) is 45.4 Å². The number of carbonyl (C=O) groups is 2. The van der Waals surface area contributed by atoms with Crippen LogP contribution in [-0.2, 0) is 16.0 Å². The molecule has 27 heavy (non-hydrogen) atoms. The van der Waals surface area contributed by atoms with Crippen molar-refractivity contribution in [2.75, 3.05) is 26.2 Å². The molecular formula is C18H25F3N4O2. The zero-order chi connectivity index (χ0) is 19.5. The molecule has 1 N–H and O–H groups in total. The Balaban J connectivity index is 1.58. The number of piperidine rings is 2. The van der Waals surface area contributed by atoms with Crippen LogP contribution in [-0.4, -0.2) is 63.9 Å².